The molecule has 0 aliphatic rings. The highest BCUT2D eigenvalue weighted by Gasteiger charge is 2.28. The largest absolute Gasteiger partial charge is 0.497 e. The normalized spacial score (nSPS) is 11.6. The van der Waals surface area contributed by atoms with E-state index in [0.29, 0.717) is 17.2 Å². The lowest BCUT2D eigenvalue weighted by Crippen LogP contribution is -2.17. The van der Waals surface area contributed by atoms with Crippen molar-refractivity contribution >= 4 is 21.5 Å². The van der Waals surface area contributed by atoms with Crippen LogP contribution in [-0.2, 0) is 19.4 Å². The fraction of sp³-hybridized carbons (Fsp3) is 0.167. The topological polar surface area (TPSA) is 90.9 Å². The number of nitrogens with one attached hydrogen (secondary N) is 1. The molecule has 2 aromatic rings. The lowest BCUT2D eigenvalue weighted by molar-refractivity contribution is -0.135. The zero-order chi connectivity index (χ0) is 19.2. The van der Waals surface area contributed by atoms with E-state index in [0.717, 1.165) is 13.3 Å². The third-order valence-electron chi connectivity index (χ3n) is 3.51. The Labute approximate surface area is 152 Å². The number of hydrogen-bond acceptors (Lipinski definition) is 7. The van der Waals surface area contributed by atoms with Crippen LogP contribution in [-0.4, -0.2) is 35.7 Å². The van der Waals surface area contributed by atoms with Gasteiger partial charge in [-0.2, -0.15) is 0 Å². The Balaban J connectivity index is 2.36. The molecule has 0 aromatic heterocycles. The molecule has 0 aliphatic heterocycles. The van der Waals surface area contributed by atoms with E-state index in [1.54, 1.807) is 31.4 Å². The van der Waals surface area contributed by atoms with Crippen LogP contribution in [0.5, 0.6) is 11.5 Å². The van der Waals surface area contributed by atoms with E-state index in [-0.39, 0.29) is 4.90 Å². The average molecular weight is 377 g/mol. The number of anilines is 1. The van der Waals surface area contributed by atoms with E-state index in [1.807, 2.05) is 0 Å². The van der Waals surface area contributed by atoms with Crippen molar-refractivity contribution < 1.29 is 27.4 Å². The summed E-state index contributed by atoms with van der Waals surface area (Å²) in [6.07, 6.45) is 1.10. The Morgan fingerprint density at radius 1 is 0.885 bits per heavy atom. The van der Waals surface area contributed by atoms with Crippen LogP contribution >= 0.6 is 0 Å². The Hall–Kier alpha value is -3.00. The summed E-state index contributed by atoms with van der Waals surface area (Å²) in [7, 11) is 0.0567. The molecule has 1 N–H and O–H groups in total. The van der Waals surface area contributed by atoms with Gasteiger partial charge in [-0.15, -0.1) is 0 Å². The lowest BCUT2D eigenvalue weighted by Gasteiger charge is -2.09. The van der Waals surface area contributed by atoms with E-state index in [1.165, 1.54) is 31.4 Å². The number of rotatable bonds is 7. The number of hydrogen-bond donors (Lipinski definition) is 1. The molecule has 0 saturated heterocycles. The molecule has 0 heterocycles. The average Bonchev–Trinajstić information content (AvgIpc) is 2.68. The van der Waals surface area contributed by atoms with E-state index in [2.05, 4.69) is 10.1 Å². The minimum absolute atomic E-state index is 0.0496. The molecular formula is C18H19NO6S. The number of carbonyl (C=O) groups excluding carboxylic acids is 1. The summed E-state index contributed by atoms with van der Waals surface area (Å²) in [5, 5.41) is 2.79. The van der Waals surface area contributed by atoms with Crippen molar-refractivity contribution in [3.05, 3.63) is 59.6 Å². The van der Waals surface area contributed by atoms with Crippen molar-refractivity contribution in [1.29, 1.82) is 0 Å². The highest BCUT2D eigenvalue weighted by molar-refractivity contribution is 7.96. The second-order valence-electron chi connectivity index (χ2n) is 5.05. The summed E-state index contributed by atoms with van der Waals surface area (Å²) in [4.78, 5) is 11.5. The van der Waals surface area contributed by atoms with E-state index in [4.69, 9.17) is 9.47 Å². The number of sulfone groups is 1. The summed E-state index contributed by atoms with van der Waals surface area (Å²) in [6.45, 7) is 0. The van der Waals surface area contributed by atoms with Crippen LogP contribution < -0.4 is 14.8 Å². The van der Waals surface area contributed by atoms with Crippen LogP contribution in [0.4, 0.5) is 5.69 Å². The molecule has 0 radical (unpaired) electrons. The molecule has 138 valence electrons. The summed E-state index contributed by atoms with van der Waals surface area (Å²) in [5.74, 6) is 0.185. The van der Waals surface area contributed by atoms with Crippen LogP contribution in [0, 0.1) is 0 Å². The molecule has 0 spiro atoms. The molecule has 8 heteroatoms. The molecule has 0 unspecified atom stereocenters. The van der Waals surface area contributed by atoms with Gasteiger partial charge in [0, 0.05) is 11.9 Å². The van der Waals surface area contributed by atoms with Gasteiger partial charge in [0.25, 0.3) is 0 Å². The molecule has 2 aromatic carbocycles. The number of esters is 1. The van der Waals surface area contributed by atoms with Crippen LogP contribution in [0.3, 0.4) is 0 Å². The van der Waals surface area contributed by atoms with Crippen molar-refractivity contribution in [2.75, 3.05) is 26.6 Å². The van der Waals surface area contributed by atoms with E-state index < -0.39 is 20.7 Å². The molecule has 0 bridgehead atoms. The third-order valence-corrected chi connectivity index (χ3v) is 5.26. The highest BCUT2D eigenvalue weighted by atomic mass is 32.2. The van der Waals surface area contributed by atoms with Gasteiger partial charge in [-0.25, -0.2) is 13.2 Å². The maximum Gasteiger partial charge on any atom is 0.351 e. The van der Waals surface area contributed by atoms with Crippen molar-refractivity contribution in [2.24, 2.45) is 0 Å². The Bertz CT molecular complexity index is 886. The predicted octanol–water partition coefficient (Wildman–Crippen LogP) is 2.60. The fourth-order valence-corrected chi connectivity index (χ4v) is 3.33. The van der Waals surface area contributed by atoms with Crippen molar-refractivity contribution in [2.45, 2.75) is 4.90 Å². The van der Waals surface area contributed by atoms with Crippen LogP contribution in [0.25, 0.3) is 0 Å². The Morgan fingerprint density at radius 3 is 1.85 bits per heavy atom. The lowest BCUT2D eigenvalue weighted by atomic mass is 10.3. The van der Waals surface area contributed by atoms with Gasteiger partial charge < -0.3 is 19.5 Å². The quantitative estimate of drug-likeness (QED) is 0.586. The van der Waals surface area contributed by atoms with Crippen LogP contribution in [0.1, 0.15) is 0 Å². The Morgan fingerprint density at radius 2 is 1.38 bits per heavy atom. The van der Waals surface area contributed by atoms with E-state index in [9.17, 15) is 13.2 Å². The summed E-state index contributed by atoms with van der Waals surface area (Å²) < 4.78 is 40.3. The highest BCUT2D eigenvalue weighted by Crippen LogP contribution is 2.23. The SMILES string of the molecule is COC(=O)/C(=C\Nc1ccc(OC)cc1)S(=O)(=O)c1ccc(OC)cc1. The first-order chi connectivity index (χ1) is 12.4. The maximum atomic E-state index is 12.8. The smallest absolute Gasteiger partial charge is 0.351 e. The molecule has 0 fully saturated rings. The van der Waals surface area contributed by atoms with Crippen molar-refractivity contribution in [3.63, 3.8) is 0 Å². The molecule has 0 aliphatic carbocycles. The van der Waals surface area contributed by atoms with Gasteiger partial charge >= 0.3 is 5.97 Å². The van der Waals surface area contributed by atoms with Gasteiger partial charge in [0.2, 0.25) is 9.84 Å². The maximum absolute atomic E-state index is 12.8. The zero-order valence-corrected chi connectivity index (χ0v) is 15.4. The summed E-state index contributed by atoms with van der Waals surface area (Å²) in [5.41, 5.74) is 0.581. The van der Waals surface area contributed by atoms with Crippen LogP contribution in [0.15, 0.2) is 64.5 Å². The first kappa shape index (κ1) is 19.3. The second-order valence-corrected chi connectivity index (χ2v) is 6.97. The number of benzene rings is 2. The van der Waals surface area contributed by atoms with Gasteiger partial charge in [-0.05, 0) is 48.5 Å². The summed E-state index contributed by atoms with van der Waals surface area (Å²) in [6, 6.07) is 12.5. The number of methoxy groups -OCH3 is 3. The molecule has 7 nitrogen and oxygen atoms in total. The summed E-state index contributed by atoms with van der Waals surface area (Å²) >= 11 is 0. The zero-order valence-electron chi connectivity index (χ0n) is 14.6. The predicted molar refractivity (Wildman–Crippen MR) is 96.9 cm³/mol. The van der Waals surface area contributed by atoms with Gasteiger partial charge in [0.05, 0.1) is 26.2 Å². The minimum atomic E-state index is -4.08. The van der Waals surface area contributed by atoms with Gasteiger partial charge in [-0.3, -0.25) is 0 Å². The van der Waals surface area contributed by atoms with Crippen LogP contribution in [0.2, 0.25) is 0 Å². The van der Waals surface area contributed by atoms with E-state index >= 15 is 0 Å². The molecule has 2 rings (SSSR count). The van der Waals surface area contributed by atoms with Gasteiger partial charge in [0.1, 0.15) is 11.5 Å². The van der Waals surface area contributed by atoms with Crippen molar-refractivity contribution in [1.82, 2.24) is 0 Å². The molecule has 0 atom stereocenters. The van der Waals surface area contributed by atoms with Gasteiger partial charge in [0.15, 0.2) is 4.91 Å². The van der Waals surface area contributed by atoms with Gasteiger partial charge in [-0.1, -0.05) is 0 Å². The monoisotopic (exact) mass is 377 g/mol. The molecule has 0 amide bonds. The fourth-order valence-electron chi connectivity index (χ4n) is 2.06. The first-order valence-electron chi connectivity index (χ1n) is 7.50. The third kappa shape index (κ3) is 4.34. The Kier molecular flexibility index (Phi) is 6.24. The number of ether oxygens (including phenoxy) is 3. The van der Waals surface area contributed by atoms with Crippen molar-refractivity contribution in [3.8, 4) is 11.5 Å². The second kappa shape index (κ2) is 8.39. The molecule has 0 saturated carbocycles. The number of carbonyl (C=O) groups is 1. The minimum Gasteiger partial charge on any atom is -0.497 e. The first-order valence-corrected chi connectivity index (χ1v) is 8.99. The molecular weight excluding hydrogens is 358 g/mol. The molecule has 26 heavy (non-hydrogen) atoms. The standard InChI is InChI=1S/C18H19NO6S/c1-23-14-6-4-13(5-7-14)19-12-17(18(20)25-3)26(21,22)16-10-8-15(24-2)9-11-16/h4-12,19H,1-3H3/b17-12+.